The Balaban J connectivity index is 2.01. The molecular formula is C14H20N4O. The largest absolute Gasteiger partial charge is 0.351 e. The molecule has 0 radical (unpaired) electrons. The number of aryl methyl sites for hydroxylation is 1. The molecule has 0 spiro atoms. The number of nitrogens with two attached hydrogens (primary N) is 1. The second-order valence-electron chi connectivity index (χ2n) is 4.59. The lowest BCUT2D eigenvalue weighted by molar-refractivity contribution is 0.0949. The van der Waals surface area contributed by atoms with Gasteiger partial charge in [-0.05, 0) is 25.5 Å². The van der Waals surface area contributed by atoms with Gasteiger partial charge in [-0.1, -0.05) is 24.6 Å². The molecule has 1 aromatic carbocycles. The molecule has 0 aliphatic rings. The molecule has 5 heteroatoms. The summed E-state index contributed by atoms with van der Waals surface area (Å²) in [5.41, 5.74) is 6.89. The number of fused-ring (bicyclic) bond motifs is 1. The zero-order valence-electron chi connectivity index (χ0n) is 11.2. The molecule has 3 N–H and O–H groups in total. The maximum Gasteiger partial charge on any atom is 0.272 e. The lowest BCUT2D eigenvalue weighted by Gasteiger charge is -2.02. The highest BCUT2D eigenvalue weighted by Gasteiger charge is 2.14. The van der Waals surface area contributed by atoms with Gasteiger partial charge < -0.3 is 11.1 Å². The van der Waals surface area contributed by atoms with Crippen molar-refractivity contribution < 1.29 is 4.79 Å². The second-order valence-corrected chi connectivity index (χ2v) is 4.59. The monoisotopic (exact) mass is 260 g/mol. The van der Waals surface area contributed by atoms with Gasteiger partial charge in [0.15, 0.2) is 5.69 Å². The number of para-hydroxylation sites is 1. The van der Waals surface area contributed by atoms with Crippen molar-refractivity contribution in [3.8, 4) is 0 Å². The molecule has 0 saturated heterocycles. The standard InChI is InChI=1S/C14H20N4O/c1-18-12-8-4-3-7-11(12)13(17-18)14(19)16-10-6-2-5-9-15/h3-4,7-8H,2,5-6,9-10,15H2,1H3,(H,16,19). The molecule has 19 heavy (non-hydrogen) atoms. The second kappa shape index (κ2) is 6.33. The van der Waals surface area contributed by atoms with Gasteiger partial charge >= 0.3 is 0 Å². The third-order valence-electron chi connectivity index (χ3n) is 3.14. The van der Waals surface area contributed by atoms with E-state index >= 15 is 0 Å². The van der Waals surface area contributed by atoms with E-state index < -0.39 is 0 Å². The third kappa shape index (κ3) is 3.12. The van der Waals surface area contributed by atoms with E-state index in [9.17, 15) is 4.79 Å². The van der Waals surface area contributed by atoms with Crippen LogP contribution in [0.2, 0.25) is 0 Å². The fourth-order valence-corrected chi connectivity index (χ4v) is 2.11. The number of nitrogens with one attached hydrogen (secondary N) is 1. The highest BCUT2D eigenvalue weighted by Crippen LogP contribution is 2.17. The Bertz CT molecular complexity index is 562. The lowest BCUT2D eigenvalue weighted by Crippen LogP contribution is -2.25. The average molecular weight is 260 g/mol. The number of carbonyl (C=O) groups excluding carboxylic acids is 1. The van der Waals surface area contributed by atoms with E-state index in [0.29, 0.717) is 18.8 Å². The van der Waals surface area contributed by atoms with Gasteiger partial charge in [-0.25, -0.2) is 0 Å². The maximum atomic E-state index is 12.1. The highest BCUT2D eigenvalue weighted by molar-refractivity contribution is 6.04. The van der Waals surface area contributed by atoms with Crippen LogP contribution in [0.1, 0.15) is 29.8 Å². The molecule has 0 bridgehead atoms. The summed E-state index contributed by atoms with van der Waals surface area (Å²) in [6.45, 7) is 1.38. The van der Waals surface area contributed by atoms with Crippen LogP contribution in [0.15, 0.2) is 24.3 Å². The molecule has 2 aromatic rings. The molecule has 0 aliphatic carbocycles. The number of unbranched alkanes of at least 4 members (excludes halogenated alkanes) is 2. The number of hydrogen-bond donors (Lipinski definition) is 2. The summed E-state index contributed by atoms with van der Waals surface area (Å²) in [6, 6.07) is 7.74. The van der Waals surface area contributed by atoms with Crippen LogP contribution in [0.4, 0.5) is 0 Å². The van der Waals surface area contributed by atoms with Crippen molar-refractivity contribution in [2.45, 2.75) is 19.3 Å². The number of aromatic nitrogens is 2. The van der Waals surface area contributed by atoms with Crippen LogP contribution in [-0.2, 0) is 7.05 Å². The highest BCUT2D eigenvalue weighted by atomic mass is 16.1. The summed E-state index contributed by atoms with van der Waals surface area (Å²) in [5.74, 6) is -0.107. The summed E-state index contributed by atoms with van der Waals surface area (Å²) >= 11 is 0. The summed E-state index contributed by atoms with van der Waals surface area (Å²) in [7, 11) is 1.85. The molecule has 0 atom stereocenters. The fourth-order valence-electron chi connectivity index (χ4n) is 2.11. The van der Waals surface area contributed by atoms with Crippen LogP contribution in [-0.4, -0.2) is 28.8 Å². The Morgan fingerprint density at radius 3 is 2.89 bits per heavy atom. The van der Waals surface area contributed by atoms with Crippen LogP contribution in [0.5, 0.6) is 0 Å². The first-order valence-electron chi connectivity index (χ1n) is 6.64. The van der Waals surface area contributed by atoms with Gasteiger partial charge in [-0.2, -0.15) is 5.10 Å². The molecule has 0 unspecified atom stereocenters. The van der Waals surface area contributed by atoms with E-state index in [1.807, 2.05) is 31.3 Å². The van der Waals surface area contributed by atoms with Gasteiger partial charge in [0.2, 0.25) is 0 Å². The Morgan fingerprint density at radius 1 is 1.32 bits per heavy atom. The van der Waals surface area contributed by atoms with Crippen molar-refractivity contribution >= 4 is 16.8 Å². The lowest BCUT2D eigenvalue weighted by atomic mass is 10.2. The van der Waals surface area contributed by atoms with Gasteiger partial charge in [0.25, 0.3) is 5.91 Å². The average Bonchev–Trinajstić information content (AvgIpc) is 2.76. The number of nitrogens with zero attached hydrogens (tertiary/aromatic N) is 2. The minimum absolute atomic E-state index is 0.107. The Labute approximate surface area is 112 Å². The molecule has 102 valence electrons. The van der Waals surface area contributed by atoms with Crippen LogP contribution in [0.25, 0.3) is 10.9 Å². The first kappa shape index (κ1) is 13.5. The van der Waals surface area contributed by atoms with E-state index in [4.69, 9.17) is 5.73 Å². The summed E-state index contributed by atoms with van der Waals surface area (Å²) < 4.78 is 1.73. The van der Waals surface area contributed by atoms with E-state index in [2.05, 4.69) is 10.4 Å². The SMILES string of the molecule is Cn1nc(C(=O)NCCCCCN)c2ccccc21. The quantitative estimate of drug-likeness (QED) is 0.772. The predicted molar refractivity (Wildman–Crippen MR) is 76.0 cm³/mol. The molecule has 1 amide bonds. The number of amides is 1. The molecular weight excluding hydrogens is 240 g/mol. The molecule has 1 heterocycles. The molecule has 1 aromatic heterocycles. The van der Waals surface area contributed by atoms with Crippen LogP contribution >= 0.6 is 0 Å². The topological polar surface area (TPSA) is 72.9 Å². The minimum Gasteiger partial charge on any atom is -0.351 e. The fraction of sp³-hybridized carbons (Fsp3) is 0.429. The normalized spacial score (nSPS) is 10.8. The first-order chi connectivity index (χ1) is 9.24. The Morgan fingerprint density at radius 2 is 2.11 bits per heavy atom. The zero-order valence-corrected chi connectivity index (χ0v) is 11.2. The smallest absolute Gasteiger partial charge is 0.272 e. The molecule has 0 saturated carbocycles. The number of benzene rings is 1. The minimum atomic E-state index is -0.107. The molecule has 5 nitrogen and oxygen atoms in total. The van der Waals surface area contributed by atoms with Gasteiger partial charge in [0.05, 0.1) is 5.52 Å². The predicted octanol–water partition coefficient (Wildman–Crippen LogP) is 1.43. The summed E-state index contributed by atoms with van der Waals surface area (Å²) in [6.07, 6.45) is 3.00. The molecule has 2 rings (SSSR count). The Hall–Kier alpha value is -1.88. The maximum absolute atomic E-state index is 12.1. The van der Waals surface area contributed by atoms with Crippen molar-refractivity contribution in [3.63, 3.8) is 0 Å². The first-order valence-corrected chi connectivity index (χ1v) is 6.64. The van der Waals surface area contributed by atoms with Crippen molar-refractivity contribution in [3.05, 3.63) is 30.0 Å². The molecule has 0 fully saturated rings. The van der Waals surface area contributed by atoms with Crippen molar-refractivity contribution in [1.29, 1.82) is 0 Å². The molecule has 0 aliphatic heterocycles. The zero-order chi connectivity index (χ0) is 13.7. The van der Waals surface area contributed by atoms with Gasteiger partial charge in [-0.15, -0.1) is 0 Å². The van der Waals surface area contributed by atoms with Crippen molar-refractivity contribution in [2.24, 2.45) is 12.8 Å². The van der Waals surface area contributed by atoms with E-state index in [0.717, 1.165) is 30.2 Å². The third-order valence-corrected chi connectivity index (χ3v) is 3.14. The van der Waals surface area contributed by atoms with Crippen LogP contribution in [0, 0.1) is 0 Å². The Kier molecular flexibility index (Phi) is 4.52. The summed E-state index contributed by atoms with van der Waals surface area (Å²) in [5, 5.41) is 8.09. The van der Waals surface area contributed by atoms with E-state index in [1.54, 1.807) is 4.68 Å². The number of rotatable bonds is 6. The van der Waals surface area contributed by atoms with Gasteiger partial charge in [0, 0.05) is 19.0 Å². The van der Waals surface area contributed by atoms with E-state index in [1.165, 1.54) is 0 Å². The van der Waals surface area contributed by atoms with E-state index in [-0.39, 0.29) is 5.91 Å². The van der Waals surface area contributed by atoms with Gasteiger partial charge in [-0.3, -0.25) is 9.48 Å². The summed E-state index contributed by atoms with van der Waals surface area (Å²) in [4.78, 5) is 12.1. The van der Waals surface area contributed by atoms with Crippen LogP contribution in [0.3, 0.4) is 0 Å². The van der Waals surface area contributed by atoms with Crippen molar-refractivity contribution in [1.82, 2.24) is 15.1 Å². The number of hydrogen-bond acceptors (Lipinski definition) is 3. The van der Waals surface area contributed by atoms with Gasteiger partial charge in [0.1, 0.15) is 0 Å². The van der Waals surface area contributed by atoms with Crippen molar-refractivity contribution in [2.75, 3.05) is 13.1 Å². The van der Waals surface area contributed by atoms with Crippen LogP contribution < -0.4 is 11.1 Å². The number of carbonyl (C=O) groups is 1.